The Kier molecular flexibility index (Phi) is 4.97. The number of hydrogen-bond acceptors (Lipinski definition) is 2. The van der Waals surface area contributed by atoms with Crippen molar-refractivity contribution in [2.24, 2.45) is 0 Å². The minimum absolute atomic E-state index is 0.745. The molecule has 1 aromatic heterocycles. The first-order valence-electron chi connectivity index (χ1n) is 8.69. The monoisotopic (exact) mass is 331 g/mol. The lowest BCUT2D eigenvalue weighted by atomic mass is 10.0. The molecule has 1 fully saturated rings. The lowest BCUT2D eigenvalue weighted by molar-refractivity contribution is -0.953. The van der Waals surface area contributed by atoms with Gasteiger partial charge in [0.25, 0.3) is 0 Å². The molecule has 1 unspecified atom stereocenters. The molecule has 1 N–H and O–H groups in total. The summed E-state index contributed by atoms with van der Waals surface area (Å²) in [5.74, 6) is 0.966. The van der Waals surface area contributed by atoms with Crippen LogP contribution in [0.4, 0.5) is 0 Å². The Morgan fingerprint density at radius 1 is 1.26 bits per heavy atom. The molecule has 2 atom stereocenters. The zero-order valence-corrected chi connectivity index (χ0v) is 15.2. The first-order chi connectivity index (χ1) is 11.1. The predicted molar refractivity (Wildman–Crippen MR) is 95.6 cm³/mol. The molecule has 2 aromatic rings. The van der Waals surface area contributed by atoms with Crippen LogP contribution in [0.25, 0.3) is 5.69 Å². The summed E-state index contributed by atoms with van der Waals surface area (Å²) in [5.41, 5.74) is 2.37. The van der Waals surface area contributed by atoms with E-state index in [2.05, 4.69) is 42.7 Å². The standard InChI is InChI=1S/C18H26N4S/c1-4-16-10-7-8-12-20(16)13-21-18(23)22(15(3)19-21)17-11-6-5-9-14(17)2/h5-6,9,11,16H,4,7-8,10,12-13H2,1-3H3/p+1/t16-/m1/s1. The highest BCUT2D eigenvalue weighted by Gasteiger charge is 2.25. The zero-order chi connectivity index (χ0) is 16.4. The highest BCUT2D eigenvalue weighted by Crippen LogP contribution is 2.16. The largest absolute Gasteiger partial charge is 0.314 e. The van der Waals surface area contributed by atoms with E-state index in [1.165, 1.54) is 37.8 Å². The number of hydrogen-bond donors (Lipinski definition) is 1. The topological polar surface area (TPSA) is 27.2 Å². The number of para-hydroxylation sites is 1. The maximum atomic E-state index is 5.75. The fourth-order valence-electron chi connectivity index (χ4n) is 3.76. The van der Waals surface area contributed by atoms with Gasteiger partial charge in [0.15, 0.2) is 6.67 Å². The molecule has 0 amide bonds. The second-order valence-corrected chi connectivity index (χ2v) is 6.98. The van der Waals surface area contributed by atoms with Gasteiger partial charge in [-0.1, -0.05) is 25.1 Å². The number of benzene rings is 1. The van der Waals surface area contributed by atoms with E-state index in [1.54, 1.807) is 4.90 Å². The van der Waals surface area contributed by atoms with Gasteiger partial charge in [-0.25, -0.2) is 0 Å². The molecule has 0 radical (unpaired) electrons. The molecule has 1 aliphatic heterocycles. The van der Waals surface area contributed by atoms with Crippen LogP contribution in [0.15, 0.2) is 24.3 Å². The summed E-state index contributed by atoms with van der Waals surface area (Å²) in [6.07, 6.45) is 5.25. The van der Waals surface area contributed by atoms with Crippen molar-refractivity contribution in [3.8, 4) is 5.69 Å². The van der Waals surface area contributed by atoms with Gasteiger partial charge in [-0.3, -0.25) is 4.57 Å². The highest BCUT2D eigenvalue weighted by atomic mass is 32.1. The summed E-state index contributed by atoms with van der Waals surface area (Å²) >= 11 is 5.75. The smallest absolute Gasteiger partial charge is 0.207 e. The van der Waals surface area contributed by atoms with Gasteiger partial charge in [-0.15, -0.1) is 0 Å². The molecule has 0 saturated carbocycles. The maximum absolute atomic E-state index is 5.75. The Labute approximate surface area is 143 Å². The lowest BCUT2D eigenvalue weighted by Gasteiger charge is -2.31. The predicted octanol–water partition coefficient (Wildman–Crippen LogP) is 2.83. The summed E-state index contributed by atoms with van der Waals surface area (Å²) in [7, 11) is 0. The summed E-state index contributed by atoms with van der Waals surface area (Å²) in [4.78, 5) is 1.63. The van der Waals surface area contributed by atoms with Crippen LogP contribution in [-0.2, 0) is 6.67 Å². The number of piperidine rings is 1. The molecule has 1 aromatic carbocycles. The van der Waals surface area contributed by atoms with Crippen LogP contribution in [0, 0.1) is 18.6 Å². The Bertz CT molecular complexity index is 731. The van der Waals surface area contributed by atoms with Crippen LogP contribution in [0.3, 0.4) is 0 Å². The third kappa shape index (κ3) is 3.26. The van der Waals surface area contributed by atoms with E-state index in [0.29, 0.717) is 0 Å². The molecule has 0 spiro atoms. The van der Waals surface area contributed by atoms with Crippen molar-refractivity contribution in [2.75, 3.05) is 6.54 Å². The molecule has 5 heteroatoms. The van der Waals surface area contributed by atoms with E-state index in [9.17, 15) is 0 Å². The van der Waals surface area contributed by atoms with Gasteiger partial charge < -0.3 is 4.90 Å². The fourth-order valence-corrected chi connectivity index (χ4v) is 4.09. The molecule has 124 valence electrons. The van der Waals surface area contributed by atoms with E-state index < -0.39 is 0 Å². The highest BCUT2D eigenvalue weighted by molar-refractivity contribution is 7.71. The molecule has 1 aliphatic rings. The second-order valence-electron chi connectivity index (χ2n) is 6.62. The van der Waals surface area contributed by atoms with E-state index in [4.69, 9.17) is 17.3 Å². The molecule has 4 nitrogen and oxygen atoms in total. The van der Waals surface area contributed by atoms with Crippen LogP contribution in [0.5, 0.6) is 0 Å². The van der Waals surface area contributed by atoms with Gasteiger partial charge in [0.05, 0.1) is 18.3 Å². The number of nitrogens with zero attached hydrogens (tertiary/aromatic N) is 3. The summed E-state index contributed by atoms with van der Waals surface area (Å²) < 4.78 is 4.94. The average molecular weight is 332 g/mol. The van der Waals surface area contributed by atoms with Crippen LogP contribution in [-0.4, -0.2) is 26.9 Å². The van der Waals surface area contributed by atoms with E-state index in [1.807, 2.05) is 11.6 Å². The van der Waals surface area contributed by atoms with Gasteiger partial charge in [0, 0.05) is 0 Å². The minimum Gasteiger partial charge on any atom is -0.314 e. The molecule has 2 heterocycles. The second kappa shape index (κ2) is 6.97. The minimum atomic E-state index is 0.745. The quantitative estimate of drug-likeness (QED) is 0.872. The zero-order valence-electron chi connectivity index (χ0n) is 14.4. The molecule has 3 rings (SSSR count). The fraction of sp³-hybridized carbons (Fsp3) is 0.556. The van der Waals surface area contributed by atoms with Gasteiger partial charge in [-0.05, 0) is 63.4 Å². The Balaban J connectivity index is 1.92. The maximum Gasteiger partial charge on any atom is 0.207 e. The first kappa shape index (κ1) is 16.4. The SMILES string of the molecule is CC[C@@H]1CCCC[NH+]1Cn1nc(C)n(-c2ccccc2C)c1=S. The molecule has 0 bridgehead atoms. The van der Waals surface area contributed by atoms with Crippen molar-refractivity contribution in [2.45, 2.75) is 59.2 Å². The van der Waals surface area contributed by atoms with Crippen LogP contribution in [0.2, 0.25) is 0 Å². The van der Waals surface area contributed by atoms with E-state index in [-0.39, 0.29) is 0 Å². The van der Waals surface area contributed by atoms with Gasteiger partial charge in [0.2, 0.25) is 4.77 Å². The molecular formula is C18H27N4S+. The Hall–Kier alpha value is -1.46. The number of aryl methyl sites for hydroxylation is 2. The Morgan fingerprint density at radius 2 is 2.04 bits per heavy atom. The van der Waals surface area contributed by atoms with Crippen LogP contribution < -0.4 is 4.90 Å². The number of quaternary nitrogens is 1. The van der Waals surface area contributed by atoms with Crippen molar-refractivity contribution >= 4 is 12.2 Å². The van der Waals surface area contributed by atoms with E-state index in [0.717, 1.165) is 29.0 Å². The third-order valence-corrected chi connectivity index (χ3v) is 5.47. The lowest BCUT2D eigenvalue weighted by Crippen LogP contribution is -3.15. The molecular weight excluding hydrogens is 304 g/mol. The van der Waals surface area contributed by atoms with Crippen molar-refractivity contribution in [1.82, 2.24) is 14.3 Å². The third-order valence-electron chi connectivity index (χ3n) is 5.08. The van der Waals surface area contributed by atoms with E-state index >= 15 is 0 Å². The average Bonchev–Trinajstić information content (AvgIpc) is 2.83. The van der Waals surface area contributed by atoms with Crippen LogP contribution in [0.1, 0.15) is 44.0 Å². The Morgan fingerprint density at radius 3 is 2.78 bits per heavy atom. The molecule has 0 aliphatic carbocycles. The number of nitrogens with one attached hydrogen (secondary N) is 1. The number of likely N-dealkylation sites (tertiary alicyclic amines) is 1. The van der Waals surface area contributed by atoms with Crippen molar-refractivity contribution in [3.63, 3.8) is 0 Å². The van der Waals surface area contributed by atoms with Gasteiger partial charge in [0.1, 0.15) is 5.82 Å². The van der Waals surface area contributed by atoms with Crippen molar-refractivity contribution in [1.29, 1.82) is 0 Å². The number of aromatic nitrogens is 3. The summed E-state index contributed by atoms with van der Waals surface area (Å²) in [5, 5.41) is 4.75. The summed E-state index contributed by atoms with van der Waals surface area (Å²) in [6, 6.07) is 9.11. The van der Waals surface area contributed by atoms with Crippen molar-refractivity contribution < 1.29 is 4.90 Å². The first-order valence-corrected chi connectivity index (χ1v) is 9.09. The van der Waals surface area contributed by atoms with Crippen molar-refractivity contribution in [3.05, 3.63) is 40.4 Å². The van der Waals surface area contributed by atoms with Gasteiger partial charge in [-0.2, -0.15) is 9.78 Å². The molecule has 1 saturated heterocycles. The van der Waals surface area contributed by atoms with Crippen LogP contribution >= 0.6 is 12.2 Å². The number of rotatable bonds is 4. The molecule has 23 heavy (non-hydrogen) atoms. The van der Waals surface area contributed by atoms with Gasteiger partial charge >= 0.3 is 0 Å². The normalized spacial score (nSPS) is 21.5. The summed E-state index contributed by atoms with van der Waals surface area (Å²) in [6.45, 7) is 8.58.